The van der Waals surface area contributed by atoms with Crippen LogP contribution in [0.1, 0.15) is 18.1 Å². The van der Waals surface area contributed by atoms with Gasteiger partial charge in [0.05, 0.1) is 6.61 Å². The number of benzene rings is 4. The molecule has 0 unspecified atom stereocenters. The summed E-state index contributed by atoms with van der Waals surface area (Å²) in [5.74, 6) is 1.54. The van der Waals surface area contributed by atoms with Gasteiger partial charge in [-0.2, -0.15) is 0 Å². The van der Waals surface area contributed by atoms with E-state index < -0.39 is 0 Å². The Labute approximate surface area is 210 Å². The molecule has 1 heterocycles. The van der Waals surface area contributed by atoms with Crippen molar-refractivity contribution in [1.29, 1.82) is 0 Å². The predicted molar refractivity (Wildman–Crippen MR) is 142 cm³/mol. The van der Waals surface area contributed by atoms with Gasteiger partial charge in [-0.15, -0.1) is 0 Å². The monoisotopic (exact) mass is 477 g/mol. The molecule has 0 aliphatic carbocycles. The van der Waals surface area contributed by atoms with E-state index in [1.165, 1.54) is 11.1 Å². The Kier molecular flexibility index (Phi) is 6.54. The molecule has 0 fully saturated rings. The van der Waals surface area contributed by atoms with Gasteiger partial charge >= 0.3 is 5.97 Å². The molecule has 0 N–H and O–H groups in total. The molecule has 0 aliphatic rings. The van der Waals surface area contributed by atoms with Gasteiger partial charge in [-0.1, -0.05) is 71.8 Å². The van der Waals surface area contributed by atoms with Crippen LogP contribution in [0, 0.1) is 13.8 Å². The molecule has 0 radical (unpaired) electrons. The maximum absolute atomic E-state index is 11.6. The Hall–Kier alpha value is -4.38. The number of hydrogen-bond donors (Lipinski definition) is 0. The Bertz CT molecular complexity index is 1450. The molecule has 0 saturated carbocycles. The predicted octanol–water partition coefficient (Wildman–Crippen LogP) is 7.39. The van der Waals surface area contributed by atoms with Crippen molar-refractivity contribution in [1.82, 2.24) is 4.98 Å². The number of carbonyl (C=O) groups excluding carboxylic acids is 1. The van der Waals surface area contributed by atoms with E-state index in [0.717, 1.165) is 38.9 Å². The molecule has 0 atom stereocenters. The molecule has 0 saturated heterocycles. The number of fused-ring (bicyclic) bond motifs is 1. The first-order valence-electron chi connectivity index (χ1n) is 12.0. The third-order valence-electron chi connectivity index (χ3n) is 5.99. The van der Waals surface area contributed by atoms with Gasteiger partial charge in [0.1, 0.15) is 11.4 Å². The van der Waals surface area contributed by atoms with E-state index in [1.807, 2.05) is 36.4 Å². The largest absolute Gasteiger partial charge is 0.482 e. The molecule has 0 bridgehead atoms. The smallest absolute Gasteiger partial charge is 0.344 e. The summed E-state index contributed by atoms with van der Waals surface area (Å²) in [6.45, 7) is 6.13. The molecule has 5 rings (SSSR count). The summed E-state index contributed by atoms with van der Waals surface area (Å²) >= 11 is 0. The number of esters is 1. The highest BCUT2D eigenvalue weighted by Crippen LogP contribution is 2.37. The summed E-state index contributed by atoms with van der Waals surface area (Å²) in [6, 6.07) is 28.4. The minimum Gasteiger partial charge on any atom is -0.482 e. The van der Waals surface area contributed by atoms with Crippen LogP contribution in [-0.4, -0.2) is 24.2 Å². The van der Waals surface area contributed by atoms with Crippen LogP contribution in [0.25, 0.3) is 44.8 Å². The highest BCUT2D eigenvalue weighted by atomic mass is 16.6. The van der Waals surface area contributed by atoms with Gasteiger partial charge in [-0.05, 0) is 55.8 Å². The number of ether oxygens (including phenoxy) is 2. The molecule has 5 heteroatoms. The normalized spacial score (nSPS) is 11.0. The fraction of sp³-hybridized carbons (Fsp3) is 0.161. The number of rotatable bonds is 7. The van der Waals surface area contributed by atoms with Crippen LogP contribution in [0.15, 0.2) is 89.3 Å². The fourth-order valence-electron chi connectivity index (χ4n) is 4.04. The van der Waals surface area contributed by atoms with Crippen molar-refractivity contribution < 1.29 is 18.7 Å². The number of hydrogen-bond acceptors (Lipinski definition) is 5. The summed E-state index contributed by atoms with van der Waals surface area (Å²) in [4.78, 5) is 16.5. The molecule has 5 nitrogen and oxygen atoms in total. The Morgan fingerprint density at radius 3 is 2.08 bits per heavy atom. The number of oxazole rings is 1. The lowest BCUT2D eigenvalue weighted by atomic mass is 10.0. The summed E-state index contributed by atoms with van der Waals surface area (Å²) in [5.41, 5.74) is 6.08. The second-order valence-corrected chi connectivity index (χ2v) is 8.75. The highest BCUT2D eigenvalue weighted by Gasteiger charge is 2.18. The standard InChI is InChI=1S/C31H27NO4/c1-4-34-28(33)19-35-27-16-15-24-17-26(14-13-25(24)18-27)31-32-29(22-9-5-20(2)6-10-22)30(36-31)23-11-7-21(3)8-12-23/h5-18H,4,19H2,1-3H3. The van der Waals surface area contributed by atoms with Crippen LogP contribution in [0.4, 0.5) is 0 Å². The second-order valence-electron chi connectivity index (χ2n) is 8.75. The topological polar surface area (TPSA) is 61.6 Å². The van der Waals surface area contributed by atoms with Crippen molar-refractivity contribution in [2.75, 3.05) is 13.2 Å². The quantitative estimate of drug-likeness (QED) is 0.229. The third-order valence-corrected chi connectivity index (χ3v) is 5.99. The van der Waals surface area contributed by atoms with Gasteiger partial charge in [0.15, 0.2) is 12.4 Å². The first-order chi connectivity index (χ1) is 17.5. The van der Waals surface area contributed by atoms with E-state index in [-0.39, 0.29) is 12.6 Å². The van der Waals surface area contributed by atoms with Crippen LogP contribution in [0.3, 0.4) is 0 Å². The number of nitrogens with zero attached hydrogens (tertiary/aromatic N) is 1. The van der Waals surface area contributed by atoms with E-state index >= 15 is 0 Å². The molecule has 1 aromatic heterocycles. The molecule has 4 aromatic carbocycles. The number of carbonyl (C=O) groups is 1. The lowest BCUT2D eigenvalue weighted by Gasteiger charge is -2.07. The Morgan fingerprint density at radius 1 is 0.778 bits per heavy atom. The maximum Gasteiger partial charge on any atom is 0.344 e. The van der Waals surface area contributed by atoms with E-state index in [0.29, 0.717) is 18.2 Å². The van der Waals surface area contributed by atoms with Gasteiger partial charge in [0, 0.05) is 16.7 Å². The lowest BCUT2D eigenvalue weighted by Crippen LogP contribution is -2.14. The molecule has 180 valence electrons. The van der Waals surface area contributed by atoms with E-state index in [1.54, 1.807) is 6.92 Å². The molecule has 0 amide bonds. The van der Waals surface area contributed by atoms with Gasteiger partial charge in [-0.25, -0.2) is 9.78 Å². The van der Waals surface area contributed by atoms with Crippen LogP contribution >= 0.6 is 0 Å². The van der Waals surface area contributed by atoms with Crippen LogP contribution in [-0.2, 0) is 9.53 Å². The summed E-state index contributed by atoms with van der Waals surface area (Å²) in [7, 11) is 0. The third kappa shape index (κ3) is 5.01. The van der Waals surface area contributed by atoms with Crippen molar-refractivity contribution in [2.24, 2.45) is 0 Å². The second kappa shape index (κ2) is 10.1. The maximum atomic E-state index is 11.6. The zero-order valence-corrected chi connectivity index (χ0v) is 20.6. The zero-order valence-electron chi connectivity index (χ0n) is 20.6. The minimum atomic E-state index is -0.384. The van der Waals surface area contributed by atoms with Gasteiger partial charge in [0.25, 0.3) is 0 Å². The van der Waals surface area contributed by atoms with E-state index in [2.05, 4.69) is 62.4 Å². The average molecular weight is 478 g/mol. The summed E-state index contributed by atoms with van der Waals surface area (Å²) < 4.78 is 16.9. The Morgan fingerprint density at radius 2 is 1.39 bits per heavy atom. The molecule has 36 heavy (non-hydrogen) atoms. The fourth-order valence-corrected chi connectivity index (χ4v) is 4.04. The number of aryl methyl sites for hydroxylation is 2. The highest BCUT2D eigenvalue weighted by molar-refractivity contribution is 5.88. The Balaban J connectivity index is 1.50. The van der Waals surface area contributed by atoms with Gasteiger partial charge in [-0.3, -0.25) is 0 Å². The molecular weight excluding hydrogens is 450 g/mol. The van der Waals surface area contributed by atoms with Crippen molar-refractivity contribution in [3.63, 3.8) is 0 Å². The van der Waals surface area contributed by atoms with Gasteiger partial charge in [0.2, 0.25) is 5.89 Å². The van der Waals surface area contributed by atoms with Crippen LogP contribution in [0.5, 0.6) is 5.75 Å². The zero-order chi connectivity index (χ0) is 25.1. The van der Waals surface area contributed by atoms with Crippen LogP contribution in [0.2, 0.25) is 0 Å². The molecule has 0 spiro atoms. The van der Waals surface area contributed by atoms with Crippen LogP contribution < -0.4 is 4.74 Å². The molecular formula is C31H27NO4. The minimum absolute atomic E-state index is 0.114. The lowest BCUT2D eigenvalue weighted by molar-refractivity contribution is -0.145. The van der Waals surface area contributed by atoms with Crippen molar-refractivity contribution in [3.05, 3.63) is 96.1 Å². The summed E-state index contributed by atoms with van der Waals surface area (Å²) in [6.07, 6.45) is 0. The average Bonchev–Trinajstić information content (AvgIpc) is 3.33. The SMILES string of the molecule is CCOC(=O)COc1ccc2cc(-c3nc(-c4ccc(C)cc4)c(-c4ccc(C)cc4)o3)ccc2c1. The number of aromatic nitrogens is 1. The van der Waals surface area contributed by atoms with Crippen molar-refractivity contribution in [2.45, 2.75) is 20.8 Å². The van der Waals surface area contributed by atoms with E-state index in [9.17, 15) is 4.79 Å². The van der Waals surface area contributed by atoms with Gasteiger partial charge < -0.3 is 13.9 Å². The molecule has 0 aliphatic heterocycles. The van der Waals surface area contributed by atoms with Crippen molar-refractivity contribution in [3.8, 4) is 39.8 Å². The first kappa shape index (κ1) is 23.4. The molecule has 5 aromatic rings. The van der Waals surface area contributed by atoms with E-state index in [4.69, 9.17) is 18.9 Å². The summed E-state index contributed by atoms with van der Waals surface area (Å²) in [5, 5.41) is 2.01. The van der Waals surface area contributed by atoms with Crippen molar-refractivity contribution >= 4 is 16.7 Å². The first-order valence-corrected chi connectivity index (χ1v) is 12.0.